The number of aromatic nitrogens is 4. The zero-order valence-electron chi connectivity index (χ0n) is 13.4. The van der Waals surface area contributed by atoms with Crippen molar-refractivity contribution in [2.45, 2.75) is 6.92 Å². The Morgan fingerprint density at radius 2 is 2.00 bits per heavy atom. The van der Waals surface area contributed by atoms with Crippen LogP contribution in [0, 0.1) is 10.5 Å². The molecule has 26 heavy (non-hydrogen) atoms. The molecule has 5 aromatic rings. The molecule has 3 heterocycles. The van der Waals surface area contributed by atoms with Crippen molar-refractivity contribution >= 4 is 61.5 Å². The lowest BCUT2D eigenvalue weighted by Crippen LogP contribution is -1.91. The molecule has 0 aliphatic carbocycles. The molecule has 0 aliphatic heterocycles. The van der Waals surface area contributed by atoms with Crippen LogP contribution in [0.15, 0.2) is 46.9 Å². The summed E-state index contributed by atoms with van der Waals surface area (Å²) in [5.74, 6) is 1.28. The molecule has 2 aromatic carbocycles. The zero-order chi connectivity index (χ0) is 17.8. The van der Waals surface area contributed by atoms with Crippen LogP contribution in [0.2, 0.25) is 5.02 Å². The van der Waals surface area contributed by atoms with Crippen molar-refractivity contribution in [3.8, 4) is 22.2 Å². The molecule has 0 fully saturated rings. The predicted octanol–water partition coefficient (Wildman–Crippen LogP) is 5.83. The summed E-state index contributed by atoms with van der Waals surface area (Å²) in [6.07, 6.45) is 0. The summed E-state index contributed by atoms with van der Waals surface area (Å²) in [4.78, 5) is 0.699. The quantitative estimate of drug-likeness (QED) is 0.291. The molecule has 0 atom stereocenters. The first-order chi connectivity index (χ1) is 12.6. The van der Waals surface area contributed by atoms with Gasteiger partial charge in [-0.15, -0.1) is 10.2 Å². The Hall–Kier alpha value is -1.97. The van der Waals surface area contributed by atoms with Crippen LogP contribution in [0.1, 0.15) is 5.56 Å². The molecule has 8 heteroatoms. The summed E-state index contributed by atoms with van der Waals surface area (Å²) < 4.78 is 8.84. The van der Waals surface area contributed by atoms with Crippen molar-refractivity contribution in [2.75, 3.05) is 0 Å². The van der Waals surface area contributed by atoms with E-state index in [9.17, 15) is 0 Å². The molecule has 128 valence electrons. The van der Waals surface area contributed by atoms with E-state index in [0.717, 1.165) is 30.7 Å². The normalized spacial score (nSPS) is 11.7. The molecule has 5 rings (SSSR count). The number of para-hydroxylation sites is 1. The summed E-state index contributed by atoms with van der Waals surface area (Å²) in [6.45, 7) is 2.02. The van der Waals surface area contributed by atoms with E-state index >= 15 is 0 Å². The Labute approximate surface area is 170 Å². The molecule has 0 amide bonds. The van der Waals surface area contributed by atoms with Gasteiger partial charge in [0.25, 0.3) is 0 Å². The Morgan fingerprint density at radius 1 is 1.15 bits per heavy atom. The van der Waals surface area contributed by atoms with Crippen LogP contribution in [0.5, 0.6) is 0 Å². The molecule has 0 radical (unpaired) electrons. The molecule has 0 unspecified atom stereocenters. The van der Waals surface area contributed by atoms with Gasteiger partial charge in [-0.05, 0) is 53.8 Å². The van der Waals surface area contributed by atoms with Crippen LogP contribution in [0.3, 0.4) is 0 Å². The number of aryl methyl sites for hydroxylation is 1. The summed E-state index contributed by atoms with van der Waals surface area (Å²) in [5.41, 5.74) is 2.74. The van der Waals surface area contributed by atoms with Gasteiger partial charge in [0, 0.05) is 20.1 Å². The fourth-order valence-corrected chi connectivity index (χ4v) is 4.54. The van der Waals surface area contributed by atoms with Gasteiger partial charge >= 0.3 is 0 Å². The van der Waals surface area contributed by atoms with Crippen LogP contribution in [0.25, 0.3) is 38.1 Å². The first kappa shape index (κ1) is 16.2. The van der Waals surface area contributed by atoms with E-state index in [0.29, 0.717) is 21.6 Å². The van der Waals surface area contributed by atoms with Gasteiger partial charge in [-0.2, -0.15) is 9.61 Å². The number of fused-ring (bicyclic) bond motifs is 2. The van der Waals surface area contributed by atoms with Crippen LogP contribution in [0.4, 0.5) is 0 Å². The molecule has 0 saturated carbocycles. The average Bonchev–Trinajstić information content (AvgIpc) is 3.30. The average molecular weight is 493 g/mol. The van der Waals surface area contributed by atoms with Crippen molar-refractivity contribution < 1.29 is 4.42 Å². The van der Waals surface area contributed by atoms with Gasteiger partial charge in [0.1, 0.15) is 10.6 Å². The number of rotatable bonds is 2. The number of benzene rings is 2. The molecular formula is C18H10ClIN4OS. The highest BCUT2D eigenvalue weighted by Crippen LogP contribution is 2.36. The minimum atomic E-state index is 0.595. The number of halogens is 2. The van der Waals surface area contributed by atoms with Gasteiger partial charge in [0.05, 0.1) is 5.02 Å². The van der Waals surface area contributed by atoms with Crippen molar-refractivity contribution in [3.05, 3.63) is 56.6 Å². The third-order valence-electron chi connectivity index (χ3n) is 4.20. The fourth-order valence-electron chi connectivity index (χ4n) is 2.92. The zero-order valence-corrected chi connectivity index (χ0v) is 17.1. The van der Waals surface area contributed by atoms with Crippen LogP contribution < -0.4 is 0 Å². The van der Waals surface area contributed by atoms with Crippen LogP contribution >= 0.6 is 45.5 Å². The van der Waals surface area contributed by atoms with Crippen LogP contribution in [-0.4, -0.2) is 19.8 Å². The van der Waals surface area contributed by atoms with E-state index in [-0.39, 0.29) is 0 Å². The summed E-state index contributed by atoms with van der Waals surface area (Å²) >= 11 is 10.1. The third kappa shape index (κ3) is 2.45. The molecule has 3 aromatic heterocycles. The number of furan rings is 1. The van der Waals surface area contributed by atoms with E-state index in [1.165, 1.54) is 11.3 Å². The second-order valence-corrected chi connectivity index (χ2v) is 8.41. The van der Waals surface area contributed by atoms with Gasteiger partial charge in [-0.25, -0.2) is 0 Å². The van der Waals surface area contributed by atoms with Gasteiger partial charge in [0.2, 0.25) is 10.8 Å². The Bertz CT molecular complexity index is 1290. The van der Waals surface area contributed by atoms with E-state index in [4.69, 9.17) is 21.1 Å². The van der Waals surface area contributed by atoms with Crippen molar-refractivity contribution in [1.82, 2.24) is 19.8 Å². The summed E-state index contributed by atoms with van der Waals surface area (Å²) in [5, 5.41) is 15.8. The standard InChI is InChI=1S/C18H10ClIN4OS/c1-9-11-4-2-3-5-14(11)25-15(9)16-21-22-18-24(16)23-17(26-18)12-8-10(20)6-7-13(12)19/h2-8H,1H3. The Kier molecular flexibility index (Phi) is 3.77. The first-order valence-corrected chi connectivity index (χ1v) is 10.1. The first-order valence-electron chi connectivity index (χ1n) is 7.78. The third-order valence-corrected chi connectivity index (χ3v) is 6.13. The predicted molar refractivity (Wildman–Crippen MR) is 112 cm³/mol. The lowest BCUT2D eigenvalue weighted by molar-refractivity contribution is 0.619. The van der Waals surface area contributed by atoms with Crippen LogP contribution in [-0.2, 0) is 0 Å². The second-order valence-electron chi connectivity index (χ2n) is 5.80. The van der Waals surface area contributed by atoms with E-state index in [1.54, 1.807) is 4.52 Å². The largest absolute Gasteiger partial charge is 0.452 e. The maximum absolute atomic E-state index is 6.36. The van der Waals surface area contributed by atoms with Crippen molar-refractivity contribution in [1.29, 1.82) is 0 Å². The highest BCUT2D eigenvalue weighted by Gasteiger charge is 2.21. The number of hydrogen-bond donors (Lipinski definition) is 0. The Balaban J connectivity index is 1.71. The molecule has 0 bridgehead atoms. The van der Waals surface area contributed by atoms with Gasteiger partial charge in [-0.3, -0.25) is 0 Å². The SMILES string of the molecule is Cc1c(-c2nnc3sc(-c4cc(I)ccc4Cl)nn23)oc2ccccc12. The lowest BCUT2D eigenvalue weighted by Gasteiger charge is -2.00. The Morgan fingerprint density at radius 3 is 2.85 bits per heavy atom. The minimum absolute atomic E-state index is 0.595. The molecule has 0 N–H and O–H groups in total. The highest BCUT2D eigenvalue weighted by atomic mass is 127. The fraction of sp³-hybridized carbons (Fsp3) is 0.0556. The maximum Gasteiger partial charge on any atom is 0.235 e. The minimum Gasteiger partial charge on any atom is -0.452 e. The smallest absolute Gasteiger partial charge is 0.235 e. The van der Waals surface area contributed by atoms with Crippen molar-refractivity contribution in [3.63, 3.8) is 0 Å². The monoisotopic (exact) mass is 492 g/mol. The van der Waals surface area contributed by atoms with E-state index in [2.05, 4.69) is 32.8 Å². The summed E-state index contributed by atoms with van der Waals surface area (Å²) in [6, 6.07) is 13.8. The van der Waals surface area contributed by atoms with Crippen molar-refractivity contribution in [2.24, 2.45) is 0 Å². The highest BCUT2D eigenvalue weighted by molar-refractivity contribution is 14.1. The number of nitrogens with zero attached hydrogens (tertiary/aromatic N) is 4. The summed E-state index contributed by atoms with van der Waals surface area (Å²) in [7, 11) is 0. The molecular weight excluding hydrogens is 483 g/mol. The lowest BCUT2D eigenvalue weighted by atomic mass is 10.1. The van der Waals surface area contributed by atoms with Gasteiger partial charge < -0.3 is 4.42 Å². The van der Waals surface area contributed by atoms with Gasteiger partial charge in [0.15, 0.2) is 5.76 Å². The van der Waals surface area contributed by atoms with E-state index < -0.39 is 0 Å². The second kappa shape index (κ2) is 6.04. The van der Waals surface area contributed by atoms with E-state index in [1.807, 2.05) is 49.4 Å². The topological polar surface area (TPSA) is 56.2 Å². The number of hydrogen-bond acceptors (Lipinski definition) is 5. The van der Waals surface area contributed by atoms with Gasteiger partial charge in [-0.1, -0.05) is 41.1 Å². The maximum atomic E-state index is 6.36. The molecule has 0 spiro atoms. The molecule has 5 nitrogen and oxygen atoms in total. The molecule has 0 aliphatic rings. The molecule has 0 saturated heterocycles.